The van der Waals surface area contributed by atoms with Crippen molar-refractivity contribution in [3.63, 3.8) is 0 Å². The topological polar surface area (TPSA) is 92.5 Å². The Morgan fingerprint density at radius 2 is 1.68 bits per heavy atom. The third-order valence-electron chi connectivity index (χ3n) is 5.08. The van der Waals surface area contributed by atoms with Crippen LogP contribution in [0.25, 0.3) is 11.3 Å². The Hall–Kier alpha value is -3.23. The van der Waals surface area contributed by atoms with Gasteiger partial charge in [0.15, 0.2) is 5.82 Å². The van der Waals surface area contributed by atoms with Crippen molar-refractivity contribution in [2.75, 3.05) is 31.1 Å². The van der Waals surface area contributed by atoms with E-state index in [-0.39, 0.29) is 22.2 Å². The first-order valence-electron chi connectivity index (χ1n) is 9.51. The van der Waals surface area contributed by atoms with Crippen LogP contribution in [0.4, 0.5) is 11.5 Å². The number of nitro groups is 1. The van der Waals surface area contributed by atoms with E-state index in [1.54, 1.807) is 11.0 Å². The zero-order chi connectivity index (χ0) is 22.0. The fraction of sp³-hybridized carbons (Fsp3) is 0.190. The second kappa shape index (κ2) is 8.87. The first-order chi connectivity index (χ1) is 14.9. The highest BCUT2D eigenvalue weighted by Crippen LogP contribution is 2.27. The molecule has 10 heteroatoms. The van der Waals surface area contributed by atoms with Crippen LogP contribution in [0.3, 0.4) is 0 Å². The molecule has 1 amide bonds. The van der Waals surface area contributed by atoms with Crippen molar-refractivity contribution in [3.8, 4) is 11.3 Å². The van der Waals surface area contributed by atoms with Crippen LogP contribution in [-0.2, 0) is 0 Å². The first kappa shape index (κ1) is 21.0. The summed E-state index contributed by atoms with van der Waals surface area (Å²) in [4.78, 5) is 26.9. The van der Waals surface area contributed by atoms with Gasteiger partial charge in [0.1, 0.15) is 5.02 Å². The molecule has 1 fully saturated rings. The molecular formula is C21H17Cl2N5O3. The van der Waals surface area contributed by atoms with Crippen molar-refractivity contribution in [1.29, 1.82) is 0 Å². The SMILES string of the molecule is O=C(c1ccc(Cl)c([N+](=O)[O-])c1)N1CCN(c2ccc(-c3ccccc3Cl)nn2)CC1. The van der Waals surface area contributed by atoms with E-state index < -0.39 is 4.92 Å². The van der Waals surface area contributed by atoms with Crippen LogP contribution in [0.5, 0.6) is 0 Å². The Morgan fingerprint density at radius 3 is 2.32 bits per heavy atom. The molecule has 0 saturated carbocycles. The summed E-state index contributed by atoms with van der Waals surface area (Å²) in [7, 11) is 0. The van der Waals surface area contributed by atoms with Crippen molar-refractivity contribution >= 4 is 40.6 Å². The van der Waals surface area contributed by atoms with E-state index in [2.05, 4.69) is 10.2 Å². The quantitative estimate of drug-likeness (QED) is 0.427. The number of rotatable bonds is 4. The minimum Gasteiger partial charge on any atom is -0.352 e. The maximum Gasteiger partial charge on any atom is 0.288 e. The van der Waals surface area contributed by atoms with Gasteiger partial charge in [-0.15, -0.1) is 10.2 Å². The zero-order valence-corrected chi connectivity index (χ0v) is 17.8. The van der Waals surface area contributed by atoms with Gasteiger partial charge in [0.05, 0.1) is 15.6 Å². The third kappa shape index (κ3) is 4.45. The Balaban J connectivity index is 1.42. The molecule has 1 aliphatic rings. The molecule has 0 aliphatic carbocycles. The van der Waals surface area contributed by atoms with E-state index in [4.69, 9.17) is 23.2 Å². The van der Waals surface area contributed by atoms with E-state index in [1.807, 2.05) is 35.2 Å². The van der Waals surface area contributed by atoms with Gasteiger partial charge >= 0.3 is 0 Å². The van der Waals surface area contributed by atoms with E-state index in [0.29, 0.717) is 42.7 Å². The molecule has 0 N–H and O–H groups in total. The predicted octanol–water partition coefficient (Wildman–Crippen LogP) is 4.32. The number of carbonyl (C=O) groups is 1. The van der Waals surface area contributed by atoms with Crippen LogP contribution >= 0.6 is 23.2 Å². The van der Waals surface area contributed by atoms with E-state index in [0.717, 1.165) is 5.56 Å². The molecule has 3 aromatic rings. The smallest absolute Gasteiger partial charge is 0.288 e. The second-order valence-electron chi connectivity index (χ2n) is 6.96. The van der Waals surface area contributed by atoms with Gasteiger partial charge in [-0.25, -0.2) is 0 Å². The van der Waals surface area contributed by atoms with Crippen LogP contribution < -0.4 is 4.90 Å². The van der Waals surface area contributed by atoms with Crippen LogP contribution in [0.1, 0.15) is 10.4 Å². The van der Waals surface area contributed by atoms with Gasteiger partial charge in [0, 0.05) is 43.4 Å². The molecule has 1 saturated heterocycles. The summed E-state index contributed by atoms with van der Waals surface area (Å²) in [5.41, 5.74) is 1.47. The molecule has 0 radical (unpaired) electrons. The van der Waals surface area contributed by atoms with E-state index in [1.165, 1.54) is 18.2 Å². The summed E-state index contributed by atoms with van der Waals surface area (Å²) in [6.45, 7) is 2.06. The molecule has 31 heavy (non-hydrogen) atoms. The number of hydrogen-bond acceptors (Lipinski definition) is 6. The minimum atomic E-state index is -0.595. The number of nitro benzene ring substituents is 1. The Morgan fingerprint density at radius 1 is 0.935 bits per heavy atom. The number of amides is 1. The fourth-order valence-corrected chi connectivity index (χ4v) is 3.83. The van der Waals surface area contributed by atoms with Crippen molar-refractivity contribution in [1.82, 2.24) is 15.1 Å². The Bertz CT molecular complexity index is 1130. The lowest BCUT2D eigenvalue weighted by molar-refractivity contribution is -0.384. The molecule has 8 nitrogen and oxygen atoms in total. The second-order valence-corrected chi connectivity index (χ2v) is 7.77. The summed E-state index contributed by atoms with van der Waals surface area (Å²) in [5, 5.41) is 20.3. The molecule has 0 bridgehead atoms. The highest BCUT2D eigenvalue weighted by molar-refractivity contribution is 6.33. The number of aromatic nitrogens is 2. The zero-order valence-electron chi connectivity index (χ0n) is 16.2. The molecule has 1 aromatic heterocycles. The normalized spacial score (nSPS) is 13.9. The number of anilines is 1. The maximum absolute atomic E-state index is 12.8. The van der Waals surface area contributed by atoms with Gasteiger partial charge in [-0.05, 0) is 30.3 Å². The molecular weight excluding hydrogens is 441 g/mol. The number of piperazine rings is 1. The summed E-state index contributed by atoms with van der Waals surface area (Å²) >= 11 is 12.1. The third-order valence-corrected chi connectivity index (χ3v) is 5.73. The van der Waals surface area contributed by atoms with E-state index in [9.17, 15) is 14.9 Å². The van der Waals surface area contributed by atoms with Crippen LogP contribution in [-0.4, -0.2) is 52.1 Å². The average Bonchev–Trinajstić information content (AvgIpc) is 2.79. The fourth-order valence-electron chi connectivity index (χ4n) is 3.41. The number of carbonyl (C=O) groups excluding carboxylic acids is 1. The van der Waals surface area contributed by atoms with Gasteiger partial charge in [-0.1, -0.05) is 41.4 Å². The van der Waals surface area contributed by atoms with Gasteiger partial charge in [-0.3, -0.25) is 14.9 Å². The number of halogens is 2. The summed E-state index contributed by atoms with van der Waals surface area (Å²) in [5.74, 6) is 0.449. The summed E-state index contributed by atoms with van der Waals surface area (Å²) < 4.78 is 0. The molecule has 0 unspecified atom stereocenters. The monoisotopic (exact) mass is 457 g/mol. The molecule has 4 rings (SSSR count). The van der Waals surface area contributed by atoms with Crippen molar-refractivity contribution in [2.45, 2.75) is 0 Å². The van der Waals surface area contributed by atoms with E-state index >= 15 is 0 Å². The highest BCUT2D eigenvalue weighted by Gasteiger charge is 2.25. The predicted molar refractivity (Wildman–Crippen MR) is 119 cm³/mol. The molecule has 2 aromatic carbocycles. The summed E-state index contributed by atoms with van der Waals surface area (Å²) in [6, 6.07) is 15.3. The van der Waals surface area contributed by atoms with Gasteiger partial charge in [0.2, 0.25) is 0 Å². The molecule has 1 aliphatic heterocycles. The first-order valence-corrected chi connectivity index (χ1v) is 10.3. The molecule has 158 valence electrons. The molecule has 0 atom stereocenters. The Kier molecular flexibility index (Phi) is 6.01. The minimum absolute atomic E-state index is 0.00480. The van der Waals surface area contributed by atoms with Gasteiger partial charge in [0.25, 0.3) is 11.6 Å². The van der Waals surface area contributed by atoms with Gasteiger partial charge in [-0.2, -0.15) is 0 Å². The van der Waals surface area contributed by atoms with Crippen LogP contribution in [0.15, 0.2) is 54.6 Å². The molecule has 2 heterocycles. The van der Waals surface area contributed by atoms with Crippen molar-refractivity contribution in [3.05, 3.63) is 80.3 Å². The number of hydrogen-bond donors (Lipinski definition) is 0. The number of benzene rings is 2. The summed E-state index contributed by atoms with van der Waals surface area (Å²) in [6.07, 6.45) is 0. The Labute approximate surface area is 188 Å². The van der Waals surface area contributed by atoms with Gasteiger partial charge < -0.3 is 9.80 Å². The number of nitrogens with zero attached hydrogens (tertiary/aromatic N) is 5. The molecule has 0 spiro atoms. The average molecular weight is 458 g/mol. The van der Waals surface area contributed by atoms with Crippen LogP contribution in [0, 0.1) is 10.1 Å². The lowest BCUT2D eigenvalue weighted by Gasteiger charge is -2.35. The van der Waals surface area contributed by atoms with Crippen molar-refractivity contribution in [2.24, 2.45) is 0 Å². The highest BCUT2D eigenvalue weighted by atomic mass is 35.5. The standard InChI is InChI=1S/C21H17Cl2N5O3/c22-16-4-2-1-3-15(16)18-7-8-20(25-24-18)26-9-11-27(12-10-26)21(29)14-5-6-17(23)19(13-14)28(30)31/h1-8,13H,9-12H2. The lowest BCUT2D eigenvalue weighted by Crippen LogP contribution is -2.49. The lowest BCUT2D eigenvalue weighted by atomic mass is 10.1. The van der Waals surface area contributed by atoms with Crippen molar-refractivity contribution < 1.29 is 9.72 Å². The largest absolute Gasteiger partial charge is 0.352 e. The van der Waals surface area contributed by atoms with Crippen LogP contribution in [0.2, 0.25) is 10.0 Å². The maximum atomic E-state index is 12.8.